The lowest BCUT2D eigenvalue weighted by Gasteiger charge is -2.31. The van der Waals surface area contributed by atoms with Crippen LogP contribution in [0.25, 0.3) is 0 Å². The SMILES string of the molecule is CCCCCCC1(O)c2cccc(N=C3C(=O)C=CC(O)=C3C(=O)NCCO)c2C(=O)N1C. The molecule has 3 rings (SSSR count). The van der Waals surface area contributed by atoms with E-state index in [1.165, 1.54) is 18.0 Å². The van der Waals surface area contributed by atoms with Crippen LogP contribution in [-0.4, -0.2) is 63.7 Å². The molecule has 1 atom stereocenters. The van der Waals surface area contributed by atoms with Crippen molar-refractivity contribution in [2.45, 2.75) is 44.8 Å². The smallest absolute Gasteiger partial charge is 0.258 e. The Morgan fingerprint density at radius 1 is 1.18 bits per heavy atom. The summed E-state index contributed by atoms with van der Waals surface area (Å²) >= 11 is 0. The van der Waals surface area contributed by atoms with Crippen molar-refractivity contribution in [1.82, 2.24) is 10.2 Å². The molecule has 176 valence electrons. The molecular formula is C24H29N3O6. The van der Waals surface area contributed by atoms with Gasteiger partial charge in [-0.25, -0.2) is 4.99 Å². The summed E-state index contributed by atoms with van der Waals surface area (Å²) in [4.78, 5) is 43.8. The first-order chi connectivity index (χ1) is 15.8. The first kappa shape index (κ1) is 24.3. The summed E-state index contributed by atoms with van der Waals surface area (Å²) < 4.78 is 0. The van der Waals surface area contributed by atoms with Gasteiger partial charge in [0.1, 0.15) is 17.0 Å². The molecule has 0 spiro atoms. The van der Waals surface area contributed by atoms with Crippen LogP contribution in [-0.2, 0) is 15.3 Å². The molecule has 1 aliphatic carbocycles. The van der Waals surface area contributed by atoms with Crippen LogP contribution in [0.1, 0.15) is 54.9 Å². The molecular weight excluding hydrogens is 426 g/mol. The minimum atomic E-state index is -1.49. The van der Waals surface area contributed by atoms with Crippen LogP contribution in [0.3, 0.4) is 0 Å². The lowest BCUT2D eigenvalue weighted by molar-refractivity contribution is -0.117. The zero-order valence-electron chi connectivity index (χ0n) is 18.8. The topological polar surface area (TPSA) is 140 Å². The van der Waals surface area contributed by atoms with E-state index in [0.29, 0.717) is 12.0 Å². The normalized spacial score (nSPS) is 21.2. The van der Waals surface area contributed by atoms with E-state index < -0.39 is 29.1 Å². The Morgan fingerprint density at radius 2 is 1.94 bits per heavy atom. The van der Waals surface area contributed by atoms with Crippen LogP contribution >= 0.6 is 0 Å². The summed E-state index contributed by atoms with van der Waals surface area (Å²) in [6.07, 6.45) is 6.27. The fourth-order valence-electron chi connectivity index (χ4n) is 4.08. The van der Waals surface area contributed by atoms with E-state index in [0.717, 1.165) is 37.8 Å². The summed E-state index contributed by atoms with van der Waals surface area (Å²) in [7, 11) is 1.52. The van der Waals surface area contributed by atoms with Crippen LogP contribution in [0.5, 0.6) is 0 Å². The van der Waals surface area contributed by atoms with Crippen molar-refractivity contribution >= 4 is 29.0 Å². The van der Waals surface area contributed by atoms with E-state index in [1.807, 2.05) is 0 Å². The van der Waals surface area contributed by atoms with Crippen molar-refractivity contribution < 1.29 is 29.7 Å². The second-order valence-electron chi connectivity index (χ2n) is 8.09. The molecule has 4 N–H and O–H groups in total. The average molecular weight is 456 g/mol. The van der Waals surface area contributed by atoms with Gasteiger partial charge in [0, 0.05) is 19.2 Å². The lowest BCUT2D eigenvalue weighted by atomic mass is 9.94. The maximum absolute atomic E-state index is 13.1. The number of aliphatic hydroxyl groups is 3. The van der Waals surface area contributed by atoms with Gasteiger partial charge in [-0.2, -0.15) is 0 Å². The number of hydrogen-bond donors (Lipinski definition) is 4. The maximum Gasteiger partial charge on any atom is 0.258 e. The van der Waals surface area contributed by atoms with Gasteiger partial charge in [-0.3, -0.25) is 14.4 Å². The van der Waals surface area contributed by atoms with Crippen LogP contribution in [0.15, 0.2) is 46.7 Å². The maximum atomic E-state index is 13.1. The van der Waals surface area contributed by atoms with Gasteiger partial charge in [0.25, 0.3) is 11.8 Å². The Bertz CT molecular complexity index is 1060. The van der Waals surface area contributed by atoms with Gasteiger partial charge < -0.3 is 25.5 Å². The molecule has 2 amide bonds. The largest absolute Gasteiger partial charge is 0.507 e. The van der Waals surface area contributed by atoms with E-state index in [4.69, 9.17) is 5.11 Å². The van der Waals surface area contributed by atoms with E-state index in [-0.39, 0.29) is 35.7 Å². The van der Waals surface area contributed by atoms with Crippen molar-refractivity contribution in [3.8, 4) is 0 Å². The Morgan fingerprint density at radius 3 is 2.64 bits per heavy atom. The molecule has 0 bridgehead atoms. The number of ketones is 1. The zero-order chi connectivity index (χ0) is 24.2. The minimum absolute atomic E-state index is 0.0735. The molecule has 1 aromatic rings. The van der Waals surface area contributed by atoms with E-state index in [9.17, 15) is 24.6 Å². The standard InChI is InChI=1S/C24H29N3O6/c1-3-4-5-6-12-24(33)15-8-7-9-16(19(15)23(32)27(24)2)26-21-18(30)11-10-17(29)20(21)22(31)25-13-14-28/h7-11,28-29,33H,3-6,12-14H2,1-2H3,(H,25,31). The number of allylic oxidation sites excluding steroid dienone is 2. The number of aliphatic hydroxyl groups excluding tert-OH is 2. The van der Waals surface area contributed by atoms with E-state index in [2.05, 4.69) is 17.2 Å². The molecule has 9 heteroatoms. The van der Waals surface area contributed by atoms with Gasteiger partial charge in [0.05, 0.1) is 17.9 Å². The van der Waals surface area contributed by atoms with Gasteiger partial charge in [0.15, 0.2) is 5.72 Å². The summed E-state index contributed by atoms with van der Waals surface area (Å²) in [6.45, 7) is 1.70. The third-order valence-corrected chi connectivity index (χ3v) is 5.90. The predicted molar refractivity (Wildman–Crippen MR) is 122 cm³/mol. The number of fused-ring (bicyclic) bond motifs is 1. The number of nitrogens with one attached hydrogen (secondary N) is 1. The highest BCUT2D eigenvalue weighted by atomic mass is 16.3. The lowest BCUT2D eigenvalue weighted by Crippen LogP contribution is -2.40. The highest BCUT2D eigenvalue weighted by molar-refractivity contribution is 6.56. The fourth-order valence-corrected chi connectivity index (χ4v) is 4.08. The van der Waals surface area contributed by atoms with Crippen LogP contribution in [0.2, 0.25) is 0 Å². The molecule has 0 saturated carbocycles. The van der Waals surface area contributed by atoms with Gasteiger partial charge in [0.2, 0.25) is 5.78 Å². The van der Waals surface area contributed by atoms with Gasteiger partial charge in [-0.15, -0.1) is 0 Å². The van der Waals surface area contributed by atoms with Gasteiger partial charge in [-0.1, -0.05) is 38.3 Å². The molecule has 1 heterocycles. The summed E-state index contributed by atoms with van der Waals surface area (Å²) in [5, 5.41) is 33.0. The van der Waals surface area contributed by atoms with Crippen molar-refractivity contribution in [2.75, 3.05) is 20.2 Å². The molecule has 33 heavy (non-hydrogen) atoms. The van der Waals surface area contributed by atoms with Crippen LogP contribution in [0.4, 0.5) is 5.69 Å². The third kappa shape index (κ3) is 4.60. The molecule has 2 aliphatic rings. The number of carbonyl (C=O) groups is 3. The molecule has 0 radical (unpaired) electrons. The monoisotopic (exact) mass is 455 g/mol. The number of unbranched alkanes of at least 4 members (excludes halogenated alkanes) is 3. The van der Waals surface area contributed by atoms with Crippen LogP contribution in [0, 0.1) is 0 Å². The minimum Gasteiger partial charge on any atom is -0.507 e. The third-order valence-electron chi connectivity index (χ3n) is 5.90. The predicted octanol–water partition coefficient (Wildman–Crippen LogP) is 2.02. The summed E-state index contributed by atoms with van der Waals surface area (Å²) in [6, 6.07) is 4.80. The van der Waals surface area contributed by atoms with Crippen molar-refractivity contribution in [3.05, 3.63) is 52.8 Å². The summed E-state index contributed by atoms with van der Waals surface area (Å²) in [5.41, 5.74) is -1.50. The first-order valence-electron chi connectivity index (χ1n) is 11.0. The molecule has 1 unspecified atom stereocenters. The zero-order valence-corrected chi connectivity index (χ0v) is 18.8. The average Bonchev–Trinajstić information content (AvgIpc) is 2.99. The van der Waals surface area contributed by atoms with E-state index in [1.54, 1.807) is 12.1 Å². The fraction of sp³-hybridized carbons (Fsp3) is 0.417. The number of hydrogen-bond acceptors (Lipinski definition) is 7. The Balaban J connectivity index is 2.05. The number of benzene rings is 1. The van der Waals surface area contributed by atoms with Crippen molar-refractivity contribution in [3.63, 3.8) is 0 Å². The Hall–Kier alpha value is -3.30. The molecule has 0 fully saturated rings. The molecule has 0 saturated heterocycles. The molecule has 1 aliphatic heterocycles. The van der Waals surface area contributed by atoms with Gasteiger partial charge >= 0.3 is 0 Å². The number of aliphatic imine (C=N–C) groups is 1. The van der Waals surface area contributed by atoms with Crippen molar-refractivity contribution in [2.24, 2.45) is 4.99 Å². The molecule has 9 nitrogen and oxygen atoms in total. The molecule has 1 aromatic carbocycles. The second-order valence-corrected chi connectivity index (χ2v) is 8.09. The highest BCUT2D eigenvalue weighted by Crippen LogP contribution is 2.43. The van der Waals surface area contributed by atoms with Crippen LogP contribution < -0.4 is 5.32 Å². The number of nitrogens with zero attached hydrogens (tertiary/aromatic N) is 2. The first-order valence-corrected chi connectivity index (χ1v) is 11.0. The van der Waals surface area contributed by atoms with Crippen molar-refractivity contribution in [1.29, 1.82) is 0 Å². The number of amides is 2. The Labute approximate surface area is 192 Å². The molecule has 0 aromatic heterocycles. The number of carbonyl (C=O) groups excluding carboxylic acids is 3. The number of rotatable bonds is 9. The van der Waals surface area contributed by atoms with Gasteiger partial charge in [-0.05, 0) is 31.1 Å². The quantitative estimate of drug-likeness (QED) is 0.332. The Kier molecular flexibility index (Phi) is 7.45. The second kappa shape index (κ2) is 10.1. The summed E-state index contributed by atoms with van der Waals surface area (Å²) in [5.74, 6) is -2.29. The van der Waals surface area contributed by atoms with E-state index >= 15 is 0 Å². The highest BCUT2D eigenvalue weighted by Gasteiger charge is 2.47.